The minimum Gasteiger partial charge on any atom is -1.00 e. The lowest BCUT2D eigenvalue weighted by Crippen LogP contribution is -3.00. The molecule has 8 heteroatoms. The number of ether oxygens (including phenoxy) is 1. The van der Waals surface area contributed by atoms with Crippen molar-refractivity contribution in [3.63, 3.8) is 0 Å². The number of H-pyrrole nitrogens is 1. The number of pyridine rings is 1. The molecule has 0 aliphatic rings. The van der Waals surface area contributed by atoms with Crippen molar-refractivity contribution in [3.8, 4) is 11.1 Å². The third kappa shape index (κ3) is 6.05. The lowest BCUT2D eigenvalue weighted by atomic mass is 9.93. The smallest absolute Gasteiger partial charge is 0.411 e. The van der Waals surface area contributed by atoms with Gasteiger partial charge >= 0.3 is 6.09 Å². The topological polar surface area (TPSA) is 90.5 Å². The van der Waals surface area contributed by atoms with E-state index in [9.17, 15) is 4.79 Å². The number of nitrogens with one attached hydrogen (secondary N) is 3. The van der Waals surface area contributed by atoms with Crippen molar-refractivity contribution in [1.82, 2.24) is 0 Å². The predicted octanol–water partition coefficient (Wildman–Crippen LogP) is 2.51. The van der Waals surface area contributed by atoms with Crippen molar-refractivity contribution in [1.29, 1.82) is 0 Å². The van der Waals surface area contributed by atoms with Crippen LogP contribution in [-0.4, -0.2) is 12.7 Å². The molecule has 1 aromatic heterocycles. The highest BCUT2D eigenvalue weighted by atomic mass is 35.5. The summed E-state index contributed by atoms with van der Waals surface area (Å²) in [6.07, 6.45) is -0.547. The lowest BCUT2D eigenvalue weighted by Gasteiger charge is -2.13. The van der Waals surface area contributed by atoms with Crippen LogP contribution in [0.3, 0.4) is 0 Å². The summed E-state index contributed by atoms with van der Waals surface area (Å²) in [6.45, 7) is 8.90. The maximum Gasteiger partial charge on any atom is 0.411 e. The Kier molecular flexibility index (Phi) is 8.75. The SMILES string of the molecule is CCOC(=O)Nc1ccc(NCc2ccc(-c3c(C)cc(C)cc3C)cc2Cl)[nH+]c1N.[Cl-]. The molecule has 1 amide bonds. The van der Waals surface area contributed by atoms with Gasteiger partial charge in [0.05, 0.1) is 13.2 Å². The number of benzene rings is 2. The van der Waals surface area contributed by atoms with Crippen LogP contribution in [0.5, 0.6) is 0 Å². The summed E-state index contributed by atoms with van der Waals surface area (Å²) in [6, 6.07) is 14.0. The number of hydrogen-bond donors (Lipinski definition) is 3. The van der Waals surface area contributed by atoms with Crippen LogP contribution in [0.15, 0.2) is 42.5 Å². The quantitative estimate of drug-likeness (QED) is 0.511. The van der Waals surface area contributed by atoms with Gasteiger partial charge in [0.1, 0.15) is 5.69 Å². The number of aromatic nitrogens is 1. The highest BCUT2D eigenvalue weighted by Crippen LogP contribution is 2.31. The van der Waals surface area contributed by atoms with Gasteiger partial charge in [0.25, 0.3) is 0 Å². The number of amides is 1. The molecule has 0 unspecified atom stereocenters. The number of rotatable bonds is 6. The van der Waals surface area contributed by atoms with Crippen molar-refractivity contribution in [2.45, 2.75) is 34.2 Å². The minimum atomic E-state index is -0.547. The van der Waals surface area contributed by atoms with Gasteiger partial charge < -0.3 is 28.2 Å². The van der Waals surface area contributed by atoms with Crippen LogP contribution in [0.4, 0.5) is 22.1 Å². The molecule has 3 rings (SSSR count). The van der Waals surface area contributed by atoms with Crippen LogP contribution >= 0.6 is 11.6 Å². The minimum absolute atomic E-state index is 0. The fourth-order valence-corrected chi connectivity index (χ4v) is 3.92. The molecule has 2 aromatic carbocycles. The number of hydrogen-bond acceptors (Lipinski definition) is 4. The van der Waals surface area contributed by atoms with Crippen molar-refractivity contribution in [3.05, 3.63) is 69.7 Å². The van der Waals surface area contributed by atoms with E-state index in [1.165, 1.54) is 22.3 Å². The summed E-state index contributed by atoms with van der Waals surface area (Å²) in [4.78, 5) is 14.6. The Hall–Kier alpha value is -2.96. The van der Waals surface area contributed by atoms with Crippen molar-refractivity contribution in [2.75, 3.05) is 23.0 Å². The maximum atomic E-state index is 11.6. The van der Waals surface area contributed by atoms with Crippen LogP contribution in [0.25, 0.3) is 11.1 Å². The number of nitrogen functional groups attached to an aromatic ring is 1. The first-order valence-corrected chi connectivity index (χ1v) is 10.5. The Morgan fingerprint density at radius 1 is 1.09 bits per heavy atom. The molecule has 0 aliphatic carbocycles. The molecule has 0 radical (unpaired) electrons. The molecule has 0 fully saturated rings. The average Bonchev–Trinajstić information content (AvgIpc) is 2.68. The van der Waals surface area contributed by atoms with Crippen molar-refractivity contribution >= 4 is 35.0 Å². The second kappa shape index (κ2) is 11.1. The molecule has 3 aromatic rings. The zero-order valence-corrected chi connectivity index (χ0v) is 20.1. The summed E-state index contributed by atoms with van der Waals surface area (Å²) in [5, 5.41) is 6.56. The molecular weight excluding hydrogens is 447 g/mol. The zero-order valence-electron chi connectivity index (χ0n) is 18.6. The molecule has 0 saturated carbocycles. The second-order valence-corrected chi connectivity index (χ2v) is 7.89. The van der Waals surface area contributed by atoms with E-state index < -0.39 is 6.09 Å². The lowest BCUT2D eigenvalue weighted by molar-refractivity contribution is -0.342. The molecule has 0 atom stereocenters. The molecular formula is C24H28Cl2N4O2. The Bertz CT molecular complexity index is 1100. The van der Waals surface area contributed by atoms with Crippen molar-refractivity contribution < 1.29 is 26.9 Å². The number of aromatic amines is 1. The number of aryl methyl sites for hydroxylation is 3. The Morgan fingerprint density at radius 2 is 1.78 bits per heavy atom. The normalized spacial score (nSPS) is 10.3. The van der Waals surface area contributed by atoms with Gasteiger partial charge in [0.15, 0.2) is 0 Å². The monoisotopic (exact) mass is 474 g/mol. The Balaban J connectivity index is 0.00000363. The van der Waals surface area contributed by atoms with Crippen LogP contribution in [0.2, 0.25) is 5.02 Å². The number of halogens is 2. The number of nitrogens with two attached hydrogens (primary N) is 1. The molecule has 6 nitrogen and oxygen atoms in total. The van der Waals surface area contributed by atoms with Gasteiger partial charge in [-0.2, -0.15) is 0 Å². The summed E-state index contributed by atoms with van der Waals surface area (Å²) in [5.41, 5.74) is 13.5. The van der Waals surface area contributed by atoms with Crippen molar-refractivity contribution in [2.24, 2.45) is 0 Å². The summed E-state index contributed by atoms with van der Waals surface area (Å²) >= 11 is 6.59. The van der Waals surface area contributed by atoms with E-state index in [0.717, 1.165) is 11.1 Å². The van der Waals surface area contributed by atoms with Crippen LogP contribution < -0.4 is 33.8 Å². The standard InChI is InChI=1S/C24H27ClN4O2.ClH/c1-5-31-24(30)28-20-8-9-21(29-23(20)26)27-13-18-7-6-17(12-19(18)25)22-15(3)10-14(2)11-16(22)4;/h6-12H,5,13H2,1-4H3,(H,28,30)(H3,26,27,29);1H. The summed E-state index contributed by atoms with van der Waals surface area (Å²) in [7, 11) is 0. The number of anilines is 3. The number of carbonyl (C=O) groups excluding carboxylic acids is 1. The predicted molar refractivity (Wildman–Crippen MR) is 126 cm³/mol. The Labute approximate surface area is 199 Å². The van der Waals surface area contributed by atoms with E-state index in [4.69, 9.17) is 22.1 Å². The van der Waals surface area contributed by atoms with E-state index in [-0.39, 0.29) is 19.0 Å². The van der Waals surface area contributed by atoms with E-state index in [0.29, 0.717) is 28.9 Å². The molecule has 32 heavy (non-hydrogen) atoms. The third-order valence-electron chi connectivity index (χ3n) is 4.98. The molecule has 1 heterocycles. The molecule has 5 N–H and O–H groups in total. The van der Waals surface area contributed by atoms with E-state index in [1.807, 2.05) is 12.1 Å². The molecule has 0 aliphatic heterocycles. The summed E-state index contributed by atoms with van der Waals surface area (Å²) < 4.78 is 4.86. The van der Waals surface area contributed by atoms with E-state index >= 15 is 0 Å². The molecule has 0 bridgehead atoms. The molecule has 170 valence electrons. The van der Waals surface area contributed by atoms with Crippen LogP contribution in [0.1, 0.15) is 29.2 Å². The van der Waals surface area contributed by atoms with Gasteiger partial charge in [0, 0.05) is 16.7 Å². The van der Waals surface area contributed by atoms with Gasteiger partial charge in [-0.05, 0) is 62.1 Å². The van der Waals surface area contributed by atoms with Gasteiger partial charge in [0.2, 0.25) is 11.6 Å². The maximum absolute atomic E-state index is 11.6. The summed E-state index contributed by atoms with van der Waals surface area (Å²) in [5.74, 6) is 1.03. The average molecular weight is 475 g/mol. The van der Waals surface area contributed by atoms with Crippen LogP contribution in [-0.2, 0) is 11.3 Å². The third-order valence-corrected chi connectivity index (χ3v) is 5.33. The van der Waals surface area contributed by atoms with Gasteiger partial charge in [-0.3, -0.25) is 5.32 Å². The highest BCUT2D eigenvalue weighted by molar-refractivity contribution is 6.31. The molecule has 0 saturated heterocycles. The fourth-order valence-electron chi connectivity index (χ4n) is 3.67. The van der Waals surface area contributed by atoms with E-state index in [1.54, 1.807) is 19.1 Å². The van der Waals surface area contributed by atoms with Gasteiger partial charge in [-0.1, -0.05) is 41.4 Å². The first kappa shape index (κ1) is 25.3. The first-order valence-electron chi connectivity index (χ1n) is 10.1. The van der Waals surface area contributed by atoms with E-state index in [2.05, 4.69) is 54.6 Å². The first-order chi connectivity index (χ1) is 14.8. The van der Waals surface area contributed by atoms with Gasteiger partial charge in [-0.15, -0.1) is 0 Å². The Morgan fingerprint density at radius 3 is 2.38 bits per heavy atom. The highest BCUT2D eigenvalue weighted by Gasteiger charge is 2.13. The molecule has 0 spiro atoms. The zero-order chi connectivity index (χ0) is 22.5. The van der Waals surface area contributed by atoms with Gasteiger partial charge in [-0.25, -0.2) is 9.78 Å². The largest absolute Gasteiger partial charge is 1.00 e. The fraction of sp³-hybridized carbons (Fsp3) is 0.250. The second-order valence-electron chi connectivity index (χ2n) is 7.48. The van der Waals surface area contributed by atoms with Crippen LogP contribution in [0, 0.1) is 20.8 Å². The number of carbonyl (C=O) groups is 1.